The minimum Gasteiger partial charge on any atom is -0.501 e. The van der Waals surface area contributed by atoms with Crippen molar-refractivity contribution in [3.63, 3.8) is 0 Å². The molecule has 0 aliphatic carbocycles. The van der Waals surface area contributed by atoms with Crippen molar-refractivity contribution >= 4 is 46.4 Å². The zero-order valence-electron chi connectivity index (χ0n) is 37.6. The molecule has 0 fully saturated rings. The first-order valence-electron chi connectivity index (χ1n) is 21.7. The van der Waals surface area contributed by atoms with E-state index in [0.717, 1.165) is 67.7 Å². The minimum absolute atomic E-state index is 0. The molecule has 0 aliphatic rings. The molecule has 0 aliphatic heterocycles. The number of imidazole rings is 1. The maximum atomic E-state index is 6.48. The van der Waals surface area contributed by atoms with E-state index in [1.54, 1.807) is 0 Å². The molecule has 0 saturated heterocycles. The molecule has 0 amide bonds. The van der Waals surface area contributed by atoms with E-state index in [1.807, 2.05) is 48.7 Å². The number of hydrogen-bond donors (Lipinski definition) is 0. The van der Waals surface area contributed by atoms with E-state index in [1.165, 1.54) is 38.7 Å². The minimum atomic E-state index is -1.34. The zero-order valence-corrected chi connectivity index (χ0v) is 41.0. The molecule has 62 heavy (non-hydrogen) atoms. The van der Waals surface area contributed by atoms with Crippen molar-refractivity contribution in [2.75, 3.05) is 0 Å². The average Bonchev–Trinajstić information content (AvgIpc) is 3.83. The summed E-state index contributed by atoms with van der Waals surface area (Å²) in [6.45, 7) is 23.0. The maximum absolute atomic E-state index is 6.48. The van der Waals surface area contributed by atoms with Gasteiger partial charge in [0.15, 0.2) is 5.65 Å². The molecule has 0 spiro atoms. The predicted molar refractivity (Wildman–Crippen MR) is 259 cm³/mol. The summed E-state index contributed by atoms with van der Waals surface area (Å²) >= 11 is 0. The van der Waals surface area contributed by atoms with Gasteiger partial charge in [0.1, 0.15) is 5.58 Å². The summed E-state index contributed by atoms with van der Waals surface area (Å²) in [6.07, 6.45) is 5.08. The number of para-hydroxylation sites is 1. The van der Waals surface area contributed by atoms with E-state index in [9.17, 15) is 0 Å². The smallest absolute Gasteiger partial charge is 0.168 e. The molecule has 5 nitrogen and oxygen atoms in total. The number of benzene rings is 5. The number of pyridine rings is 2. The van der Waals surface area contributed by atoms with Crippen molar-refractivity contribution in [1.29, 1.82) is 0 Å². The fraction of sp³-hybridized carbons (Fsp3) is 0.255. The summed E-state index contributed by atoms with van der Waals surface area (Å²) < 4.78 is 8.81. The van der Waals surface area contributed by atoms with E-state index in [4.69, 9.17) is 14.4 Å². The standard InChI is InChI=1S/C37H32N3O.C18H24NSi.Ir/c1-22(2)30-20-26(25-12-7-6-8-13-25)21-31(23(3)4)34(30)40-33-24(5)18-19-38-36(33)39-37(40)29-16-11-15-28-27-14-9-10-17-32(27)41-35(28)29;1-14(2)11-16-12-17(15-9-7-6-8-10-15)19-13-18(16)20(3,4)5;/h6-15,17-23H,1-5H3;6-9,12-14H,11H2,1-5H3;/q2*-1;. The van der Waals surface area contributed by atoms with Crippen molar-refractivity contribution in [2.45, 2.75) is 86.4 Å². The van der Waals surface area contributed by atoms with Crippen molar-refractivity contribution < 1.29 is 24.5 Å². The van der Waals surface area contributed by atoms with Gasteiger partial charge in [0, 0.05) is 43.6 Å². The molecule has 9 rings (SSSR count). The Bertz CT molecular complexity index is 2950. The van der Waals surface area contributed by atoms with Crippen LogP contribution in [0.4, 0.5) is 0 Å². The molecule has 4 aromatic heterocycles. The number of aromatic nitrogens is 4. The second-order valence-corrected chi connectivity index (χ2v) is 23.3. The predicted octanol–water partition coefficient (Wildman–Crippen LogP) is 14.3. The van der Waals surface area contributed by atoms with Crippen LogP contribution in [0.2, 0.25) is 19.6 Å². The Balaban J connectivity index is 0.000000233. The van der Waals surface area contributed by atoms with Gasteiger partial charge < -0.3 is 14.0 Å². The first-order valence-corrected chi connectivity index (χ1v) is 25.2. The first-order chi connectivity index (χ1) is 29.3. The third kappa shape index (κ3) is 8.90. The molecule has 0 unspecified atom stereocenters. The van der Waals surface area contributed by atoms with E-state index in [-0.39, 0.29) is 31.9 Å². The summed E-state index contributed by atoms with van der Waals surface area (Å²) in [4.78, 5) is 14.6. The second kappa shape index (κ2) is 18.5. The number of nitrogens with zero attached hydrogens (tertiary/aromatic N) is 4. The maximum Gasteiger partial charge on any atom is 0.168 e. The Morgan fingerprint density at radius 1 is 0.710 bits per heavy atom. The van der Waals surface area contributed by atoms with Crippen LogP contribution in [0.5, 0.6) is 0 Å². The molecule has 7 heteroatoms. The van der Waals surface area contributed by atoms with E-state index in [0.29, 0.717) is 5.92 Å². The Morgan fingerprint density at radius 2 is 1.40 bits per heavy atom. The van der Waals surface area contributed by atoms with Crippen LogP contribution >= 0.6 is 0 Å². The van der Waals surface area contributed by atoms with Crippen molar-refractivity contribution in [3.8, 4) is 39.5 Å². The van der Waals surface area contributed by atoms with Crippen LogP contribution in [0, 0.1) is 25.0 Å². The topological polar surface area (TPSA) is 56.7 Å². The monoisotopic (exact) mass is 1010 g/mol. The molecule has 0 bridgehead atoms. The molecule has 0 saturated carbocycles. The Hall–Kier alpha value is -5.46. The van der Waals surface area contributed by atoms with Gasteiger partial charge in [0.25, 0.3) is 0 Å². The van der Waals surface area contributed by atoms with Crippen LogP contribution in [0.15, 0.2) is 132 Å². The van der Waals surface area contributed by atoms with Crippen LogP contribution in [-0.2, 0) is 26.5 Å². The summed E-state index contributed by atoms with van der Waals surface area (Å²) in [5.41, 5.74) is 15.1. The molecule has 4 heterocycles. The fourth-order valence-electron chi connectivity index (χ4n) is 8.49. The van der Waals surface area contributed by atoms with Crippen LogP contribution in [-0.4, -0.2) is 27.6 Å². The summed E-state index contributed by atoms with van der Waals surface area (Å²) in [5, 5.41) is 3.64. The number of furan rings is 1. The largest absolute Gasteiger partial charge is 0.501 e. The van der Waals surface area contributed by atoms with E-state index < -0.39 is 8.07 Å². The van der Waals surface area contributed by atoms with Gasteiger partial charge in [0.05, 0.1) is 25.0 Å². The van der Waals surface area contributed by atoms with Gasteiger partial charge in [-0.25, -0.2) is 4.98 Å². The number of aryl methyl sites for hydroxylation is 1. The first kappa shape index (κ1) is 44.6. The van der Waals surface area contributed by atoms with Gasteiger partial charge >= 0.3 is 0 Å². The van der Waals surface area contributed by atoms with Crippen molar-refractivity contribution in [3.05, 3.63) is 162 Å². The molecule has 0 atom stereocenters. The molecule has 317 valence electrons. The molecular weight excluding hydrogens is 953 g/mol. The Morgan fingerprint density at radius 3 is 2.06 bits per heavy atom. The normalized spacial score (nSPS) is 11.8. The molecule has 9 aromatic rings. The number of rotatable bonds is 9. The van der Waals surface area contributed by atoms with E-state index >= 15 is 0 Å². The summed E-state index contributed by atoms with van der Waals surface area (Å²) in [6, 6.07) is 46.8. The van der Waals surface area contributed by atoms with Crippen LogP contribution < -0.4 is 5.19 Å². The van der Waals surface area contributed by atoms with Crippen LogP contribution in [0.25, 0.3) is 72.6 Å². The van der Waals surface area contributed by atoms with Gasteiger partial charge in [0.2, 0.25) is 0 Å². The third-order valence-corrected chi connectivity index (χ3v) is 13.5. The summed E-state index contributed by atoms with van der Waals surface area (Å²) in [5.74, 6) is 2.02. The third-order valence-electron chi connectivity index (χ3n) is 11.5. The SMILES string of the molecule is CC(C)Cc1cc(-c2[c-]cccc2)ncc1[Si](C)(C)C.Cc1ccnc2nc(-c3[c-]ccc4c3oc3ccccc34)n(-c3c(C(C)C)cc(-c4ccccc4)cc3C(C)C)c12.[Ir]. The van der Waals surface area contributed by atoms with Crippen molar-refractivity contribution in [2.24, 2.45) is 5.92 Å². The van der Waals surface area contributed by atoms with Gasteiger partial charge in [-0.3, -0.25) is 4.98 Å². The van der Waals surface area contributed by atoms with Gasteiger partial charge in [-0.1, -0.05) is 132 Å². The fourth-order valence-corrected chi connectivity index (χ4v) is 10.1. The van der Waals surface area contributed by atoms with Crippen LogP contribution in [0.3, 0.4) is 0 Å². The van der Waals surface area contributed by atoms with Gasteiger partial charge in [-0.05, 0) is 94.1 Å². The molecular formula is C55H56IrN4OSi-2. The molecule has 0 N–H and O–H groups in total. The van der Waals surface area contributed by atoms with Gasteiger partial charge in [-0.15, -0.1) is 54.1 Å². The van der Waals surface area contributed by atoms with Crippen molar-refractivity contribution in [1.82, 2.24) is 19.5 Å². The number of fused-ring (bicyclic) bond motifs is 4. The zero-order chi connectivity index (χ0) is 43.0. The summed E-state index contributed by atoms with van der Waals surface area (Å²) in [7, 11) is -1.34. The molecule has 5 aromatic carbocycles. The van der Waals surface area contributed by atoms with Gasteiger partial charge in [-0.2, -0.15) is 0 Å². The molecule has 1 radical (unpaired) electrons. The number of hydrogen-bond acceptors (Lipinski definition) is 4. The Kier molecular flexibility index (Phi) is 13.3. The Labute approximate surface area is 382 Å². The van der Waals surface area contributed by atoms with Crippen LogP contribution in [0.1, 0.15) is 75.6 Å². The average molecular weight is 1010 g/mol. The quantitative estimate of drug-likeness (QED) is 0.107. The van der Waals surface area contributed by atoms with E-state index in [2.05, 4.69) is 169 Å². The second-order valence-electron chi connectivity index (χ2n) is 18.3.